The third-order valence-corrected chi connectivity index (χ3v) is 3.86. The van der Waals surface area contributed by atoms with E-state index >= 15 is 0 Å². The normalized spacial score (nSPS) is 19.9. The van der Waals surface area contributed by atoms with Crippen LogP contribution in [0.1, 0.15) is 25.7 Å². The van der Waals surface area contributed by atoms with Gasteiger partial charge >= 0.3 is 0 Å². The van der Waals surface area contributed by atoms with Crippen molar-refractivity contribution < 1.29 is 0 Å². The molecule has 0 N–H and O–H groups in total. The van der Waals surface area contributed by atoms with E-state index in [1.807, 2.05) is 0 Å². The highest BCUT2D eigenvalue weighted by molar-refractivity contribution is 6.36. The molecule has 0 aliphatic carbocycles. The molecule has 0 saturated carbocycles. The van der Waals surface area contributed by atoms with Crippen molar-refractivity contribution in [3.05, 3.63) is 22.3 Å². The Kier molecular flexibility index (Phi) is 4.78. The first-order valence-corrected chi connectivity index (χ1v) is 7.15. The number of pyridine rings is 1. The number of hydrogen-bond donors (Lipinski definition) is 0. The molecular weight excluding hydrogens is 279 g/mol. The predicted molar refractivity (Wildman–Crippen MR) is 74.6 cm³/mol. The second-order valence-electron chi connectivity index (χ2n) is 4.28. The molecule has 2 heterocycles. The highest BCUT2D eigenvalue weighted by atomic mass is 35.5. The van der Waals surface area contributed by atoms with Crippen molar-refractivity contribution in [1.29, 1.82) is 0 Å². The lowest BCUT2D eigenvalue weighted by molar-refractivity contribution is 0.598. The molecule has 0 aromatic carbocycles. The van der Waals surface area contributed by atoms with Crippen LogP contribution in [0.4, 0.5) is 5.82 Å². The lowest BCUT2D eigenvalue weighted by Gasteiger charge is -2.26. The summed E-state index contributed by atoms with van der Waals surface area (Å²) < 4.78 is 0. The lowest BCUT2D eigenvalue weighted by atomic mass is 10.1. The highest BCUT2D eigenvalue weighted by Crippen LogP contribution is 2.32. The van der Waals surface area contributed by atoms with Crippen molar-refractivity contribution in [3.63, 3.8) is 0 Å². The van der Waals surface area contributed by atoms with E-state index in [-0.39, 0.29) is 0 Å². The van der Waals surface area contributed by atoms with Crippen molar-refractivity contribution in [2.75, 3.05) is 17.3 Å². The standard InChI is InChI=1S/C12H15Cl3N2/c13-5-1-3-10-4-2-6-17(10)12-11(15)7-9(14)8-16-12/h7-8,10H,1-6H2. The van der Waals surface area contributed by atoms with Crippen LogP contribution >= 0.6 is 34.8 Å². The fraction of sp³-hybridized carbons (Fsp3) is 0.583. The maximum atomic E-state index is 6.19. The van der Waals surface area contributed by atoms with Crippen LogP contribution in [0.2, 0.25) is 10.0 Å². The number of nitrogens with zero attached hydrogens (tertiary/aromatic N) is 2. The molecule has 1 atom stereocenters. The van der Waals surface area contributed by atoms with E-state index in [1.54, 1.807) is 12.3 Å². The molecule has 17 heavy (non-hydrogen) atoms. The first-order chi connectivity index (χ1) is 8.22. The zero-order valence-corrected chi connectivity index (χ0v) is 11.8. The largest absolute Gasteiger partial charge is 0.352 e. The summed E-state index contributed by atoms with van der Waals surface area (Å²) >= 11 is 17.8. The molecule has 0 bridgehead atoms. The van der Waals surface area contributed by atoms with E-state index in [9.17, 15) is 0 Å². The number of rotatable bonds is 4. The topological polar surface area (TPSA) is 16.1 Å². The maximum Gasteiger partial charge on any atom is 0.147 e. The van der Waals surface area contributed by atoms with Gasteiger partial charge in [0.25, 0.3) is 0 Å². The molecule has 1 aliphatic rings. The van der Waals surface area contributed by atoms with E-state index in [0.29, 0.717) is 22.0 Å². The summed E-state index contributed by atoms with van der Waals surface area (Å²) in [7, 11) is 0. The summed E-state index contributed by atoms with van der Waals surface area (Å²) in [6.45, 7) is 1.02. The molecule has 2 rings (SSSR count). The Balaban J connectivity index is 2.14. The van der Waals surface area contributed by atoms with Crippen LogP contribution in [0.15, 0.2) is 12.3 Å². The van der Waals surface area contributed by atoms with E-state index in [1.165, 1.54) is 12.8 Å². The minimum absolute atomic E-state index is 0.514. The Morgan fingerprint density at radius 3 is 2.94 bits per heavy atom. The summed E-state index contributed by atoms with van der Waals surface area (Å²) in [5, 5.41) is 1.21. The van der Waals surface area contributed by atoms with Gasteiger partial charge in [-0.1, -0.05) is 23.2 Å². The van der Waals surface area contributed by atoms with Crippen molar-refractivity contribution >= 4 is 40.6 Å². The molecular formula is C12H15Cl3N2. The van der Waals surface area contributed by atoms with Crippen molar-refractivity contribution in [2.45, 2.75) is 31.7 Å². The molecule has 1 saturated heterocycles. The van der Waals surface area contributed by atoms with Crippen molar-refractivity contribution in [3.8, 4) is 0 Å². The Labute approximate surface area is 117 Å². The van der Waals surface area contributed by atoms with Crippen LogP contribution in [0.25, 0.3) is 0 Å². The van der Waals surface area contributed by atoms with Gasteiger partial charge in [-0.3, -0.25) is 0 Å². The van der Waals surface area contributed by atoms with Crippen molar-refractivity contribution in [2.24, 2.45) is 0 Å². The third-order valence-electron chi connectivity index (χ3n) is 3.11. The van der Waals surface area contributed by atoms with E-state index in [0.717, 1.165) is 25.2 Å². The van der Waals surface area contributed by atoms with Crippen molar-refractivity contribution in [1.82, 2.24) is 4.98 Å². The molecule has 94 valence electrons. The number of hydrogen-bond acceptors (Lipinski definition) is 2. The molecule has 1 aromatic rings. The number of aromatic nitrogens is 1. The molecule has 5 heteroatoms. The molecule has 1 aromatic heterocycles. The first-order valence-electron chi connectivity index (χ1n) is 5.86. The average Bonchev–Trinajstić information content (AvgIpc) is 2.74. The SMILES string of the molecule is ClCCCC1CCCN1c1ncc(Cl)cc1Cl. The summed E-state index contributed by atoms with van der Waals surface area (Å²) in [5.41, 5.74) is 0. The lowest BCUT2D eigenvalue weighted by Crippen LogP contribution is -2.30. The molecule has 1 fully saturated rings. The Morgan fingerprint density at radius 2 is 2.24 bits per heavy atom. The molecule has 0 radical (unpaired) electrons. The number of alkyl halides is 1. The van der Waals surface area contributed by atoms with Gasteiger partial charge in [0.05, 0.1) is 10.0 Å². The summed E-state index contributed by atoms with van der Waals surface area (Å²) in [5.74, 6) is 1.57. The van der Waals surface area contributed by atoms with Gasteiger partial charge in [0.2, 0.25) is 0 Å². The van der Waals surface area contributed by atoms with Gasteiger partial charge < -0.3 is 4.90 Å². The first kappa shape index (κ1) is 13.3. The van der Waals surface area contributed by atoms with Crippen LogP contribution in [0.3, 0.4) is 0 Å². The Hall–Kier alpha value is -0.180. The molecule has 2 nitrogen and oxygen atoms in total. The number of halogens is 3. The van der Waals surface area contributed by atoms with E-state index in [4.69, 9.17) is 34.8 Å². The second kappa shape index (κ2) is 6.12. The smallest absolute Gasteiger partial charge is 0.147 e. The summed E-state index contributed by atoms with van der Waals surface area (Å²) in [6, 6.07) is 2.27. The van der Waals surface area contributed by atoms with Gasteiger partial charge in [-0.2, -0.15) is 0 Å². The van der Waals surface area contributed by atoms with Crippen LogP contribution in [0.5, 0.6) is 0 Å². The maximum absolute atomic E-state index is 6.19. The third kappa shape index (κ3) is 3.18. The summed E-state index contributed by atoms with van der Waals surface area (Å²) in [4.78, 5) is 6.63. The van der Waals surface area contributed by atoms with Crippen LogP contribution in [-0.2, 0) is 0 Å². The molecule has 1 aliphatic heterocycles. The second-order valence-corrected chi connectivity index (χ2v) is 5.50. The minimum atomic E-state index is 0.514. The van der Waals surface area contributed by atoms with Gasteiger partial charge in [0.1, 0.15) is 5.82 Å². The molecule has 0 amide bonds. The average molecular weight is 294 g/mol. The van der Waals surface area contributed by atoms with Gasteiger partial charge in [-0.05, 0) is 31.7 Å². The van der Waals surface area contributed by atoms with E-state index in [2.05, 4.69) is 9.88 Å². The fourth-order valence-corrected chi connectivity index (χ4v) is 2.99. The van der Waals surface area contributed by atoms with Crippen LogP contribution < -0.4 is 4.90 Å². The van der Waals surface area contributed by atoms with Gasteiger partial charge in [0.15, 0.2) is 0 Å². The van der Waals surface area contributed by atoms with Crippen LogP contribution in [-0.4, -0.2) is 23.5 Å². The van der Waals surface area contributed by atoms with Crippen LogP contribution in [0, 0.1) is 0 Å². The fourth-order valence-electron chi connectivity index (χ4n) is 2.35. The zero-order chi connectivity index (χ0) is 12.3. The van der Waals surface area contributed by atoms with E-state index < -0.39 is 0 Å². The van der Waals surface area contributed by atoms with Gasteiger partial charge in [-0.15, -0.1) is 11.6 Å². The summed E-state index contributed by atoms with van der Waals surface area (Å²) in [6.07, 6.45) is 6.17. The Morgan fingerprint density at radius 1 is 1.41 bits per heavy atom. The molecule has 1 unspecified atom stereocenters. The molecule has 0 spiro atoms. The predicted octanol–water partition coefficient (Wildman–Crippen LogP) is 4.38. The monoisotopic (exact) mass is 292 g/mol. The highest BCUT2D eigenvalue weighted by Gasteiger charge is 2.26. The van der Waals surface area contributed by atoms with Gasteiger partial charge in [-0.25, -0.2) is 4.98 Å². The Bertz CT molecular complexity index is 384. The van der Waals surface area contributed by atoms with Gasteiger partial charge in [0, 0.05) is 24.7 Å². The quantitative estimate of drug-likeness (QED) is 0.766. The minimum Gasteiger partial charge on any atom is -0.352 e. The number of anilines is 1. The zero-order valence-electron chi connectivity index (χ0n) is 9.50.